The number of aromatic hydroxyl groups is 1. The number of rotatable bonds is 2. The molecule has 0 fully saturated rings. The second kappa shape index (κ2) is 4.85. The summed E-state index contributed by atoms with van der Waals surface area (Å²) in [6.45, 7) is 0. The number of phenolic OH excluding ortho intramolecular Hbond substituents is 1. The number of nitrogens with one attached hydrogen (secondary N) is 3. The third kappa shape index (κ3) is 2.43. The second-order valence-corrected chi connectivity index (χ2v) is 3.11. The molecule has 6 N–H and O–H groups in total. The van der Waals surface area contributed by atoms with Crippen molar-refractivity contribution in [1.29, 1.82) is 10.7 Å². The molecule has 0 saturated heterocycles. The molecule has 1 rings (SSSR count). The van der Waals surface area contributed by atoms with Crippen molar-refractivity contribution >= 4 is 17.6 Å². The summed E-state index contributed by atoms with van der Waals surface area (Å²) in [4.78, 5) is 11.7. The maximum Gasteiger partial charge on any atom is 0.263 e. The Morgan fingerprint density at radius 3 is 2.71 bits per heavy atom. The van der Waals surface area contributed by atoms with Crippen LogP contribution in [-0.2, 0) is 0 Å². The van der Waals surface area contributed by atoms with Crippen molar-refractivity contribution in [2.45, 2.75) is 0 Å². The standard InChI is InChI=1S/C10H11N5O2/c1-14-8-5(4-11)2-3-6(16)7(8)9(17)15-10(12)13/h2-3,14,16H,1H3,(H4,12,13,15,17). The largest absolute Gasteiger partial charge is 0.507 e. The zero-order valence-corrected chi connectivity index (χ0v) is 9.03. The van der Waals surface area contributed by atoms with Crippen molar-refractivity contribution in [2.75, 3.05) is 12.4 Å². The Morgan fingerprint density at radius 2 is 2.24 bits per heavy atom. The first-order chi connectivity index (χ1) is 8.01. The number of nitriles is 1. The van der Waals surface area contributed by atoms with E-state index in [1.165, 1.54) is 19.2 Å². The second-order valence-electron chi connectivity index (χ2n) is 3.11. The highest BCUT2D eigenvalue weighted by molar-refractivity contribution is 6.10. The fourth-order valence-electron chi connectivity index (χ4n) is 1.36. The number of phenols is 1. The summed E-state index contributed by atoms with van der Waals surface area (Å²) in [6, 6.07) is 4.50. The molecular weight excluding hydrogens is 222 g/mol. The van der Waals surface area contributed by atoms with Crippen LogP contribution in [0.5, 0.6) is 5.75 Å². The molecule has 1 aromatic rings. The fraction of sp³-hybridized carbons (Fsp3) is 0.100. The van der Waals surface area contributed by atoms with E-state index in [1.54, 1.807) is 0 Å². The Kier molecular flexibility index (Phi) is 3.51. The molecule has 0 bridgehead atoms. The van der Waals surface area contributed by atoms with Gasteiger partial charge in [-0.05, 0) is 12.1 Å². The molecule has 0 heterocycles. The first-order valence-electron chi connectivity index (χ1n) is 4.60. The van der Waals surface area contributed by atoms with Crippen LogP contribution in [0.3, 0.4) is 0 Å². The van der Waals surface area contributed by atoms with Gasteiger partial charge in [0.2, 0.25) is 0 Å². The number of carbonyl (C=O) groups is 1. The number of benzene rings is 1. The number of anilines is 1. The number of nitrogens with zero attached hydrogens (tertiary/aromatic N) is 1. The molecule has 0 aliphatic rings. The average molecular weight is 233 g/mol. The van der Waals surface area contributed by atoms with Gasteiger partial charge >= 0.3 is 0 Å². The van der Waals surface area contributed by atoms with Crippen molar-refractivity contribution in [3.8, 4) is 11.8 Å². The van der Waals surface area contributed by atoms with Crippen LogP contribution in [-0.4, -0.2) is 24.0 Å². The highest BCUT2D eigenvalue weighted by atomic mass is 16.3. The van der Waals surface area contributed by atoms with Crippen LogP contribution in [0.25, 0.3) is 0 Å². The van der Waals surface area contributed by atoms with E-state index in [2.05, 4.69) is 5.32 Å². The van der Waals surface area contributed by atoms with Gasteiger partial charge < -0.3 is 16.2 Å². The zero-order chi connectivity index (χ0) is 13.0. The summed E-state index contributed by atoms with van der Waals surface area (Å²) in [5, 5.41) is 30.1. The molecule has 1 aromatic carbocycles. The van der Waals surface area contributed by atoms with Gasteiger partial charge in [-0.3, -0.25) is 15.5 Å². The fourth-order valence-corrected chi connectivity index (χ4v) is 1.36. The van der Waals surface area contributed by atoms with Gasteiger partial charge in [-0.15, -0.1) is 0 Å². The molecule has 0 saturated carbocycles. The van der Waals surface area contributed by atoms with Crippen molar-refractivity contribution in [3.05, 3.63) is 23.3 Å². The predicted molar refractivity (Wildman–Crippen MR) is 61.7 cm³/mol. The van der Waals surface area contributed by atoms with Gasteiger partial charge in [-0.2, -0.15) is 5.26 Å². The summed E-state index contributed by atoms with van der Waals surface area (Å²) in [5.41, 5.74) is 5.30. The van der Waals surface area contributed by atoms with E-state index < -0.39 is 11.9 Å². The van der Waals surface area contributed by atoms with E-state index in [1.807, 2.05) is 11.4 Å². The number of amides is 1. The summed E-state index contributed by atoms with van der Waals surface area (Å²) in [6.07, 6.45) is 0. The van der Waals surface area contributed by atoms with Crippen LogP contribution in [0.15, 0.2) is 12.1 Å². The van der Waals surface area contributed by atoms with Crippen LogP contribution >= 0.6 is 0 Å². The van der Waals surface area contributed by atoms with E-state index in [4.69, 9.17) is 16.4 Å². The van der Waals surface area contributed by atoms with Gasteiger partial charge in [-0.25, -0.2) is 0 Å². The highest BCUT2D eigenvalue weighted by Gasteiger charge is 2.19. The first-order valence-corrected chi connectivity index (χ1v) is 4.60. The molecule has 0 aliphatic carbocycles. The lowest BCUT2D eigenvalue weighted by molar-refractivity contribution is 0.0974. The maximum atomic E-state index is 11.7. The Morgan fingerprint density at radius 1 is 1.59 bits per heavy atom. The summed E-state index contributed by atoms with van der Waals surface area (Å²) in [7, 11) is 1.51. The number of carbonyl (C=O) groups excluding carboxylic acids is 1. The Hall–Kier alpha value is -2.75. The molecule has 0 aromatic heterocycles. The smallest absolute Gasteiger partial charge is 0.263 e. The predicted octanol–water partition coefficient (Wildman–Crippen LogP) is -0.0712. The summed E-state index contributed by atoms with van der Waals surface area (Å²) >= 11 is 0. The van der Waals surface area contributed by atoms with Gasteiger partial charge in [0, 0.05) is 7.05 Å². The third-order valence-corrected chi connectivity index (χ3v) is 2.03. The van der Waals surface area contributed by atoms with E-state index >= 15 is 0 Å². The number of nitrogens with two attached hydrogens (primary N) is 1. The van der Waals surface area contributed by atoms with Crippen molar-refractivity contribution < 1.29 is 9.90 Å². The molecule has 1 amide bonds. The van der Waals surface area contributed by atoms with Gasteiger partial charge in [0.25, 0.3) is 5.91 Å². The lowest BCUT2D eigenvalue weighted by atomic mass is 10.1. The Balaban J connectivity index is 3.35. The van der Waals surface area contributed by atoms with E-state index in [9.17, 15) is 9.90 Å². The van der Waals surface area contributed by atoms with Crippen LogP contribution in [0.1, 0.15) is 15.9 Å². The van der Waals surface area contributed by atoms with Gasteiger partial charge in [0.15, 0.2) is 5.96 Å². The van der Waals surface area contributed by atoms with Crippen LogP contribution in [0.2, 0.25) is 0 Å². The Labute approximate surface area is 97.4 Å². The Bertz CT molecular complexity index is 518. The summed E-state index contributed by atoms with van der Waals surface area (Å²) in [5.74, 6) is -1.60. The quantitative estimate of drug-likeness (QED) is 0.360. The minimum Gasteiger partial charge on any atom is -0.507 e. The van der Waals surface area contributed by atoms with Gasteiger partial charge in [-0.1, -0.05) is 0 Å². The van der Waals surface area contributed by atoms with E-state index in [0.717, 1.165) is 0 Å². The summed E-state index contributed by atoms with van der Waals surface area (Å²) < 4.78 is 0. The molecule has 0 radical (unpaired) electrons. The molecule has 7 nitrogen and oxygen atoms in total. The van der Waals surface area contributed by atoms with Crippen molar-refractivity contribution in [2.24, 2.45) is 5.73 Å². The zero-order valence-electron chi connectivity index (χ0n) is 9.03. The molecular formula is C10H11N5O2. The van der Waals surface area contributed by atoms with Crippen LogP contribution < -0.4 is 16.4 Å². The normalized spacial score (nSPS) is 9.18. The van der Waals surface area contributed by atoms with E-state index in [0.29, 0.717) is 0 Å². The molecule has 17 heavy (non-hydrogen) atoms. The number of hydrogen-bond donors (Lipinski definition) is 5. The number of guanidine groups is 1. The molecule has 0 aliphatic heterocycles. The molecule has 0 atom stereocenters. The maximum absolute atomic E-state index is 11.7. The monoisotopic (exact) mass is 233 g/mol. The molecule has 0 spiro atoms. The van der Waals surface area contributed by atoms with Crippen molar-refractivity contribution in [3.63, 3.8) is 0 Å². The lowest BCUT2D eigenvalue weighted by Gasteiger charge is -2.12. The first kappa shape index (κ1) is 12.3. The molecule has 0 unspecified atom stereocenters. The highest BCUT2D eigenvalue weighted by Crippen LogP contribution is 2.28. The third-order valence-electron chi connectivity index (χ3n) is 2.03. The van der Waals surface area contributed by atoms with E-state index in [-0.39, 0.29) is 22.6 Å². The van der Waals surface area contributed by atoms with Gasteiger partial charge in [0.1, 0.15) is 17.4 Å². The molecule has 88 valence electrons. The molecule has 7 heteroatoms. The topological polar surface area (TPSA) is 135 Å². The minimum absolute atomic E-state index is 0.123. The van der Waals surface area contributed by atoms with Crippen LogP contribution in [0.4, 0.5) is 5.69 Å². The number of hydrogen-bond acceptors (Lipinski definition) is 5. The average Bonchev–Trinajstić information content (AvgIpc) is 2.27. The van der Waals surface area contributed by atoms with Crippen molar-refractivity contribution in [1.82, 2.24) is 5.32 Å². The minimum atomic E-state index is -0.753. The van der Waals surface area contributed by atoms with Crippen LogP contribution in [0, 0.1) is 16.7 Å². The SMILES string of the molecule is CNc1c(C#N)ccc(O)c1C(=O)NC(=N)N. The van der Waals surface area contributed by atoms with Gasteiger partial charge in [0.05, 0.1) is 11.3 Å². The lowest BCUT2D eigenvalue weighted by Crippen LogP contribution is -2.36.